The van der Waals surface area contributed by atoms with Crippen LogP contribution in [0.2, 0.25) is 0 Å². The fraction of sp³-hybridized carbons (Fsp3) is 0.0435. The van der Waals surface area contributed by atoms with Gasteiger partial charge in [-0.2, -0.15) is 0 Å². The van der Waals surface area contributed by atoms with Crippen LogP contribution >= 0.6 is 0 Å². The third-order valence-electron chi connectivity index (χ3n) is 3.87. The van der Waals surface area contributed by atoms with Crippen LogP contribution in [-0.4, -0.2) is 18.4 Å². The van der Waals surface area contributed by atoms with Crippen molar-refractivity contribution in [2.75, 3.05) is 6.61 Å². The molecule has 0 unspecified atom stereocenters. The van der Waals surface area contributed by atoms with Crippen LogP contribution in [0.15, 0.2) is 91.0 Å². The molecule has 3 rings (SSSR count). The van der Waals surface area contributed by atoms with E-state index in [9.17, 15) is 9.59 Å². The minimum absolute atomic E-state index is 0.230. The Balaban J connectivity index is 1.55. The number of esters is 1. The van der Waals surface area contributed by atoms with E-state index in [0.29, 0.717) is 5.56 Å². The first-order valence-electron chi connectivity index (χ1n) is 8.31. The molecule has 3 aromatic carbocycles. The first kappa shape index (κ1) is 17.4. The fourth-order valence-corrected chi connectivity index (χ4v) is 2.48. The number of carbonyl (C=O) groups is 2. The molecule has 0 saturated heterocycles. The van der Waals surface area contributed by atoms with E-state index in [2.05, 4.69) is 0 Å². The third-order valence-corrected chi connectivity index (χ3v) is 3.87. The van der Waals surface area contributed by atoms with Crippen molar-refractivity contribution in [2.45, 2.75) is 0 Å². The van der Waals surface area contributed by atoms with Gasteiger partial charge in [-0.1, -0.05) is 84.9 Å². The number of hydrogen-bond donors (Lipinski definition) is 0. The summed E-state index contributed by atoms with van der Waals surface area (Å²) in [6.07, 6.45) is 2.97. The quantitative estimate of drug-likeness (QED) is 0.367. The largest absolute Gasteiger partial charge is 0.454 e. The SMILES string of the molecule is O=C(/C=C/c1ccccc1)OCC(=O)c1ccc(-c2ccccc2)cc1. The highest BCUT2D eigenvalue weighted by Crippen LogP contribution is 2.19. The molecule has 26 heavy (non-hydrogen) atoms. The van der Waals surface area contributed by atoms with Crippen LogP contribution in [0.4, 0.5) is 0 Å². The number of rotatable bonds is 6. The topological polar surface area (TPSA) is 43.4 Å². The Morgan fingerprint density at radius 2 is 1.31 bits per heavy atom. The summed E-state index contributed by atoms with van der Waals surface area (Å²) >= 11 is 0. The molecule has 0 spiro atoms. The number of ether oxygens (including phenoxy) is 1. The van der Waals surface area contributed by atoms with Crippen LogP contribution in [0.5, 0.6) is 0 Å². The number of ketones is 1. The smallest absolute Gasteiger partial charge is 0.331 e. The lowest BCUT2D eigenvalue weighted by atomic mass is 10.0. The van der Waals surface area contributed by atoms with E-state index < -0.39 is 5.97 Å². The second-order valence-electron chi connectivity index (χ2n) is 5.72. The zero-order chi connectivity index (χ0) is 18.2. The molecule has 0 fully saturated rings. The van der Waals surface area contributed by atoms with Crippen molar-refractivity contribution in [3.05, 3.63) is 102 Å². The number of hydrogen-bond acceptors (Lipinski definition) is 3. The molecule has 3 aromatic rings. The van der Waals surface area contributed by atoms with E-state index in [1.807, 2.05) is 72.8 Å². The molecule has 0 atom stereocenters. The van der Waals surface area contributed by atoms with Crippen molar-refractivity contribution < 1.29 is 14.3 Å². The average Bonchev–Trinajstić information content (AvgIpc) is 2.72. The minimum Gasteiger partial charge on any atom is -0.454 e. The first-order chi connectivity index (χ1) is 12.7. The van der Waals surface area contributed by atoms with Crippen molar-refractivity contribution >= 4 is 17.8 Å². The molecule has 0 aliphatic carbocycles. The Morgan fingerprint density at radius 1 is 0.731 bits per heavy atom. The molecule has 3 heteroatoms. The highest BCUT2D eigenvalue weighted by atomic mass is 16.5. The van der Waals surface area contributed by atoms with E-state index in [1.54, 1.807) is 18.2 Å². The Hall–Kier alpha value is -3.46. The molecule has 128 valence electrons. The lowest BCUT2D eigenvalue weighted by molar-refractivity contribution is -0.136. The van der Waals surface area contributed by atoms with Crippen molar-refractivity contribution in [3.8, 4) is 11.1 Å². The maximum absolute atomic E-state index is 12.2. The van der Waals surface area contributed by atoms with Gasteiger partial charge in [0.2, 0.25) is 0 Å². The van der Waals surface area contributed by atoms with Gasteiger partial charge in [0.15, 0.2) is 12.4 Å². The summed E-state index contributed by atoms with van der Waals surface area (Å²) in [6, 6.07) is 26.6. The van der Waals surface area contributed by atoms with Gasteiger partial charge in [-0.25, -0.2) is 4.79 Å². The molecule has 3 nitrogen and oxygen atoms in total. The van der Waals surface area contributed by atoms with Gasteiger partial charge in [-0.3, -0.25) is 4.79 Å². The van der Waals surface area contributed by atoms with Gasteiger partial charge < -0.3 is 4.74 Å². The number of benzene rings is 3. The molecule has 0 saturated carbocycles. The fourth-order valence-electron chi connectivity index (χ4n) is 2.48. The zero-order valence-electron chi connectivity index (χ0n) is 14.2. The van der Waals surface area contributed by atoms with Crippen LogP contribution in [0.1, 0.15) is 15.9 Å². The molecular formula is C23H18O3. The maximum atomic E-state index is 12.2. The van der Waals surface area contributed by atoms with E-state index in [-0.39, 0.29) is 12.4 Å². The Labute approximate surface area is 152 Å². The zero-order valence-corrected chi connectivity index (χ0v) is 14.2. The number of Topliss-reactive ketones (excluding diaryl/α,β-unsaturated/α-hetero) is 1. The second-order valence-corrected chi connectivity index (χ2v) is 5.72. The normalized spacial score (nSPS) is 10.6. The molecule has 0 aromatic heterocycles. The van der Waals surface area contributed by atoms with Crippen LogP contribution in [0.25, 0.3) is 17.2 Å². The summed E-state index contributed by atoms with van der Waals surface area (Å²) in [7, 11) is 0. The van der Waals surface area contributed by atoms with Crippen molar-refractivity contribution in [1.29, 1.82) is 0 Å². The van der Waals surface area contributed by atoms with Crippen LogP contribution in [0.3, 0.4) is 0 Å². The summed E-state index contributed by atoms with van der Waals surface area (Å²) in [5, 5.41) is 0. The van der Waals surface area contributed by atoms with Crippen molar-refractivity contribution in [3.63, 3.8) is 0 Å². The highest BCUT2D eigenvalue weighted by molar-refractivity contribution is 5.99. The lowest BCUT2D eigenvalue weighted by Gasteiger charge is -2.04. The van der Waals surface area contributed by atoms with Gasteiger partial charge in [-0.15, -0.1) is 0 Å². The van der Waals surface area contributed by atoms with Gasteiger partial charge in [0.05, 0.1) is 0 Å². The summed E-state index contributed by atoms with van der Waals surface area (Å²) in [4.78, 5) is 23.9. The van der Waals surface area contributed by atoms with Crippen molar-refractivity contribution in [1.82, 2.24) is 0 Å². The molecule has 0 bridgehead atoms. The summed E-state index contributed by atoms with van der Waals surface area (Å²) in [5.41, 5.74) is 3.53. The van der Waals surface area contributed by atoms with E-state index in [4.69, 9.17) is 4.74 Å². The maximum Gasteiger partial charge on any atom is 0.331 e. The highest BCUT2D eigenvalue weighted by Gasteiger charge is 2.09. The average molecular weight is 342 g/mol. The Kier molecular flexibility index (Phi) is 5.73. The van der Waals surface area contributed by atoms with Crippen LogP contribution < -0.4 is 0 Å². The molecule has 0 N–H and O–H groups in total. The van der Waals surface area contributed by atoms with Gasteiger partial charge >= 0.3 is 5.97 Å². The van der Waals surface area contributed by atoms with Crippen LogP contribution in [-0.2, 0) is 9.53 Å². The van der Waals surface area contributed by atoms with E-state index in [0.717, 1.165) is 16.7 Å². The summed E-state index contributed by atoms with van der Waals surface area (Å²) in [6.45, 7) is -0.275. The third kappa shape index (κ3) is 4.77. The Morgan fingerprint density at radius 3 is 1.96 bits per heavy atom. The predicted molar refractivity (Wildman–Crippen MR) is 103 cm³/mol. The van der Waals surface area contributed by atoms with Crippen molar-refractivity contribution in [2.24, 2.45) is 0 Å². The number of carbonyl (C=O) groups excluding carboxylic acids is 2. The second kappa shape index (κ2) is 8.58. The molecule has 0 aliphatic rings. The molecule has 0 radical (unpaired) electrons. The van der Waals surface area contributed by atoms with Gasteiger partial charge in [0.25, 0.3) is 0 Å². The monoisotopic (exact) mass is 342 g/mol. The van der Waals surface area contributed by atoms with E-state index >= 15 is 0 Å². The molecule has 0 amide bonds. The molecule has 0 aliphatic heterocycles. The molecular weight excluding hydrogens is 324 g/mol. The van der Waals surface area contributed by atoms with E-state index in [1.165, 1.54) is 6.08 Å². The first-order valence-corrected chi connectivity index (χ1v) is 8.31. The summed E-state index contributed by atoms with van der Waals surface area (Å²) in [5.74, 6) is -0.769. The van der Waals surface area contributed by atoms with Gasteiger partial charge in [-0.05, 0) is 22.8 Å². The van der Waals surface area contributed by atoms with Crippen LogP contribution in [0, 0.1) is 0 Å². The van der Waals surface area contributed by atoms with Gasteiger partial charge in [0.1, 0.15) is 0 Å². The standard InChI is InChI=1S/C23H18O3/c24-22(17-26-23(25)16-11-18-7-3-1-4-8-18)21-14-12-20(13-15-21)19-9-5-2-6-10-19/h1-16H,17H2/b16-11+. The minimum atomic E-state index is -0.539. The molecule has 0 heterocycles. The summed E-state index contributed by atoms with van der Waals surface area (Å²) < 4.78 is 5.02. The Bertz CT molecular complexity index is 895. The predicted octanol–water partition coefficient (Wildman–Crippen LogP) is 4.79. The lowest BCUT2D eigenvalue weighted by Crippen LogP contribution is -2.12. The van der Waals surface area contributed by atoms with Gasteiger partial charge in [0, 0.05) is 11.6 Å².